The van der Waals surface area contributed by atoms with Gasteiger partial charge in [-0.05, 0) is 84.6 Å². The van der Waals surface area contributed by atoms with E-state index in [9.17, 15) is 4.79 Å². The highest BCUT2D eigenvalue weighted by atomic mass is 16.5. The molecular weight excluding hydrogens is 428 g/mol. The van der Waals surface area contributed by atoms with Crippen molar-refractivity contribution in [2.75, 3.05) is 0 Å². The molecule has 3 aliphatic carbocycles. The lowest BCUT2D eigenvalue weighted by Crippen LogP contribution is -2.46. The van der Waals surface area contributed by atoms with Crippen LogP contribution in [-0.4, -0.2) is 5.78 Å². The topological polar surface area (TPSA) is 26.3 Å². The molecule has 2 saturated carbocycles. The number of hydrogen-bond donors (Lipinski definition) is 0. The van der Waals surface area contributed by atoms with E-state index in [1.807, 2.05) is 26.0 Å². The van der Waals surface area contributed by atoms with Crippen LogP contribution in [0.5, 0.6) is 5.75 Å². The monoisotopic (exact) mass is 472 g/mol. The maximum atomic E-state index is 13.4. The van der Waals surface area contributed by atoms with Gasteiger partial charge in [0.2, 0.25) is 0 Å². The fraction of sp³-hybridized carbons (Fsp3) is 0.545. The molecule has 3 unspecified atom stereocenters. The predicted molar refractivity (Wildman–Crippen MR) is 146 cm³/mol. The molecule has 35 heavy (non-hydrogen) atoms. The number of fused-ring (bicyclic) bond motifs is 5. The zero-order valence-corrected chi connectivity index (χ0v) is 22.3. The molecule has 0 aromatic heterocycles. The van der Waals surface area contributed by atoms with E-state index in [1.54, 1.807) is 0 Å². The Balaban J connectivity index is 0.00000141. The number of benzene rings is 2. The van der Waals surface area contributed by atoms with E-state index >= 15 is 0 Å². The summed E-state index contributed by atoms with van der Waals surface area (Å²) in [6.07, 6.45) is 9.63. The molecule has 2 heteroatoms. The molecule has 3 aliphatic rings. The Hall–Kier alpha value is -2.35. The minimum Gasteiger partial charge on any atom is -0.489 e. The molecule has 2 nitrogen and oxygen atoms in total. The van der Waals surface area contributed by atoms with Crippen molar-refractivity contribution < 1.29 is 9.53 Å². The summed E-state index contributed by atoms with van der Waals surface area (Å²) in [5.74, 6) is 4.09. The molecule has 0 amide bonds. The van der Waals surface area contributed by atoms with E-state index in [4.69, 9.17) is 4.74 Å². The van der Waals surface area contributed by atoms with Crippen molar-refractivity contribution in [2.45, 2.75) is 85.2 Å². The van der Waals surface area contributed by atoms with Crippen LogP contribution in [-0.2, 0) is 17.8 Å². The summed E-state index contributed by atoms with van der Waals surface area (Å²) in [6.45, 7) is 13.1. The van der Waals surface area contributed by atoms with E-state index < -0.39 is 0 Å². The molecule has 0 spiro atoms. The smallest absolute Gasteiger partial charge is 0.142 e. The molecule has 0 N–H and O–H groups in total. The molecule has 0 heterocycles. The first-order valence-corrected chi connectivity index (χ1v) is 14.0. The van der Waals surface area contributed by atoms with Crippen LogP contribution >= 0.6 is 0 Å². The first-order valence-electron chi connectivity index (χ1n) is 14.0. The second-order valence-corrected chi connectivity index (χ2v) is 11.0. The van der Waals surface area contributed by atoms with Gasteiger partial charge in [-0.15, -0.1) is 6.58 Å². The Bertz CT molecular complexity index is 1010. The van der Waals surface area contributed by atoms with Crippen molar-refractivity contribution in [2.24, 2.45) is 29.1 Å². The molecular formula is C33H44O2. The zero-order valence-electron chi connectivity index (χ0n) is 22.3. The minimum absolute atomic E-state index is 0.128. The summed E-state index contributed by atoms with van der Waals surface area (Å²) in [7, 11) is 0. The van der Waals surface area contributed by atoms with E-state index in [2.05, 4.69) is 62.9 Å². The van der Waals surface area contributed by atoms with E-state index in [1.165, 1.54) is 29.5 Å². The first-order chi connectivity index (χ1) is 17.0. The predicted octanol–water partition coefficient (Wildman–Crippen LogP) is 8.55. The van der Waals surface area contributed by atoms with Gasteiger partial charge >= 0.3 is 0 Å². The average molecular weight is 473 g/mol. The van der Waals surface area contributed by atoms with Gasteiger partial charge in [-0.3, -0.25) is 4.79 Å². The summed E-state index contributed by atoms with van der Waals surface area (Å²) in [5, 5.41) is 0. The summed E-state index contributed by atoms with van der Waals surface area (Å²) in [4.78, 5) is 13.4. The lowest BCUT2D eigenvalue weighted by atomic mass is 9.52. The first kappa shape index (κ1) is 25.7. The molecule has 0 radical (unpaired) electrons. The standard InChI is InChI=1S/C31H38O2.C2H6/c1-4-9-22-17-24-18-25(33-20-21-11-7-6-8-12-21)13-14-26(24)27-15-16-31(3)28(29(22)27)19-23(10-5-2)30(31)32;1-2/h5-8,11-14,18,22-23,27-29H,2,4,9-10,15-17,19-20H2,1,3H3;1-2H3/t22-,23-,27?,28?,29?,31+;/m1./s1. The van der Waals surface area contributed by atoms with Gasteiger partial charge in [0.1, 0.15) is 18.1 Å². The molecule has 6 atom stereocenters. The summed E-state index contributed by atoms with van der Waals surface area (Å²) < 4.78 is 6.18. The number of carbonyl (C=O) groups is 1. The number of Topliss-reactive ketones (excluding diaryl/α,β-unsaturated/α-hetero) is 1. The summed E-state index contributed by atoms with van der Waals surface area (Å²) in [6, 6.07) is 17.2. The fourth-order valence-electron chi connectivity index (χ4n) is 7.60. The Morgan fingerprint density at radius 1 is 1.14 bits per heavy atom. The number of carbonyl (C=O) groups excluding carboxylic acids is 1. The number of hydrogen-bond acceptors (Lipinski definition) is 2. The maximum absolute atomic E-state index is 13.4. The van der Waals surface area contributed by atoms with Crippen LogP contribution < -0.4 is 4.74 Å². The Morgan fingerprint density at radius 2 is 1.91 bits per heavy atom. The second-order valence-electron chi connectivity index (χ2n) is 11.0. The Morgan fingerprint density at radius 3 is 2.63 bits per heavy atom. The van der Waals surface area contributed by atoms with Crippen LogP contribution in [0.2, 0.25) is 0 Å². The lowest BCUT2D eigenvalue weighted by molar-refractivity contribution is -0.132. The summed E-state index contributed by atoms with van der Waals surface area (Å²) >= 11 is 0. The molecule has 2 aromatic carbocycles. The van der Waals surface area contributed by atoms with E-state index in [0.717, 1.165) is 37.9 Å². The van der Waals surface area contributed by atoms with Crippen molar-refractivity contribution in [3.05, 3.63) is 77.9 Å². The van der Waals surface area contributed by atoms with Gasteiger partial charge in [0.25, 0.3) is 0 Å². The highest BCUT2D eigenvalue weighted by molar-refractivity contribution is 5.89. The minimum atomic E-state index is -0.128. The Labute approximate surface area is 213 Å². The Kier molecular flexibility index (Phi) is 8.19. The highest BCUT2D eigenvalue weighted by Gasteiger charge is 2.59. The SMILES string of the molecule is C=CC[C@@H]1CC2C3C(CC[C@]2(C)C1=O)c1ccc(OCc2ccccc2)cc1C[C@H]3CCC.CC. The third-order valence-corrected chi connectivity index (χ3v) is 9.09. The quantitative estimate of drug-likeness (QED) is 0.377. The van der Waals surface area contributed by atoms with Crippen molar-refractivity contribution >= 4 is 5.78 Å². The molecule has 0 bridgehead atoms. The van der Waals surface area contributed by atoms with E-state index in [-0.39, 0.29) is 11.3 Å². The molecule has 2 fully saturated rings. The van der Waals surface area contributed by atoms with Gasteiger partial charge in [0, 0.05) is 11.3 Å². The normalized spacial score (nSPS) is 30.9. The molecule has 5 rings (SSSR count). The van der Waals surface area contributed by atoms with Crippen LogP contribution in [0.15, 0.2) is 61.2 Å². The summed E-state index contributed by atoms with van der Waals surface area (Å²) in [5.41, 5.74) is 4.08. The van der Waals surface area contributed by atoms with Gasteiger partial charge in [-0.1, -0.05) is 83.0 Å². The van der Waals surface area contributed by atoms with Crippen LogP contribution in [0.3, 0.4) is 0 Å². The van der Waals surface area contributed by atoms with Crippen molar-refractivity contribution in [1.82, 2.24) is 0 Å². The van der Waals surface area contributed by atoms with Crippen molar-refractivity contribution in [1.29, 1.82) is 0 Å². The van der Waals surface area contributed by atoms with Crippen molar-refractivity contribution in [3.8, 4) is 5.75 Å². The van der Waals surface area contributed by atoms with Gasteiger partial charge in [0.15, 0.2) is 0 Å². The second kappa shape index (κ2) is 11.1. The largest absolute Gasteiger partial charge is 0.489 e. The van der Waals surface area contributed by atoms with Gasteiger partial charge in [-0.2, -0.15) is 0 Å². The highest BCUT2D eigenvalue weighted by Crippen LogP contribution is 2.63. The zero-order chi connectivity index (χ0) is 25.0. The van der Waals surface area contributed by atoms with E-state index in [0.29, 0.717) is 36.1 Å². The number of ether oxygens (including phenoxy) is 1. The number of ketones is 1. The molecule has 2 aromatic rings. The molecule has 188 valence electrons. The van der Waals surface area contributed by atoms with Crippen LogP contribution in [0.4, 0.5) is 0 Å². The van der Waals surface area contributed by atoms with Crippen LogP contribution in [0.25, 0.3) is 0 Å². The van der Waals surface area contributed by atoms with Crippen LogP contribution in [0, 0.1) is 29.1 Å². The number of allylic oxidation sites excluding steroid dienone is 1. The third kappa shape index (κ3) is 4.86. The molecule has 0 saturated heterocycles. The average Bonchev–Trinajstić information content (AvgIpc) is 3.14. The van der Waals surface area contributed by atoms with Gasteiger partial charge in [-0.25, -0.2) is 0 Å². The van der Waals surface area contributed by atoms with Crippen LogP contribution in [0.1, 0.15) is 88.8 Å². The van der Waals surface area contributed by atoms with Crippen molar-refractivity contribution in [3.63, 3.8) is 0 Å². The van der Waals surface area contributed by atoms with Gasteiger partial charge in [0.05, 0.1) is 0 Å². The van der Waals surface area contributed by atoms with Gasteiger partial charge < -0.3 is 4.74 Å². The fourth-order valence-corrected chi connectivity index (χ4v) is 7.60. The third-order valence-electron chi connectivity index (χ3n) is 9.09. The maximum Gasteiger partial charge on any atom is 0.142 e. The lowest BCUT2D eigenvalue weighted by Gasteiger charge is -2.51. The molecule has 0 aliphatic heterocycles. The number of rotatable bonds is 7.